The van der Waals surface area contributed by atoms with E-state index in [0.717, 1.165) is 25.7 Å². The maximum atomic E-state index is 12.4. The Bertz CT molecular complexity index is 557. The van der Waals surface area contributed by atoms with Crippen LogP contribution in [0, 0.1) is 0 Å². The lowest BCUT2D eigenvalue weighted by molar-refractivity contribution is -0.150. The first-order chi connectivity index (χ1) is 19.1. The third-order valence-corrected chi connectivity index (χ3v) is 7.74. The number of carbonyl (C=O) groups is 2. The molecule has 4 nitrogen and oxygen atoms in total. The van der Waals surface area contributed by atoms with Gasteiger partial charge in [0.25, 0.3) is 0 Å². The van der Waals surface area contributed by atoms with Crippen molar-refractivity contribution in [1.29, 1.82) is 0 Å². The molecule has 0 aromatic heterocycles. The smallest absolute Gasteiger partial charge is 0.306 e. The summed E-state index contributed by atoms with van der Waals surface area (Å²) >= 11 is 0. The average Bonchev–Trinajstić information content (AvgIpc) is 2.91. The summed E-state index contributed by atoms with van der Waals surface area (Å²) in [7, 11) is 0. The third-order valence-electron chi connectivity index (χ3n) is 7.74. The summed E-state index contributed by atoms with van der Waals surface area (Å²) in [4.78, 5) is 23.3. The molecule has 1 N–H and O–H groups in total. The van der Waals surface area contributed by atoms with E-state index in [1.165, 1.54) is 128 Å². The van der Waals surface area contributed by atoms with Gasteiger partial charge >= 0.3 is 11.9 Å². The van der Waals surface area contributed by atoms with E-state index in [0.29, 0.717) is 19.3 Å². The van der Waals surface area contributed by atoms with Gasteiger partial charge in [0.05, 0.1) is 0 Å². The number of carbonyl (C=O) groups excluding carboxylic acids is 1. The second-order valence-electron chi connectivity index (χ2n) is 11.7. The first kappa shape index (κ1) is 37.7. The molecule has 39 heavy (non-hydrogen) atoms. The number of allylic oxidation sites excluding steroid dienone is 2. The van der Waals surface area contributed by atoms with Crippen molar-refractivity contribution in [3.05, 3.63) is 12.2 Å². The average molecular weight is 551 g/mol. The molecule has 230 valence electrons. The largest absolute Gasteiger partial charge is 0.481 e. The van der Waals surface area contributed by atoms with Gasteiger partial charge in [-0.05, 0) is 51.4 Å². The molecule has 0 saturated heterocycles. The van der Waals surface area contributed by atoms with Crippen molar-refractivity contribution >= 4 is 11.9 Å². The zero-order valence-electron chi connectivity index (χ0n) is 26.2. The van der Waals surface area contributed by atoms with Crippen molar-refractivity contribution in [1.82, 2.24) is 0 Å². The molecule has 0 heterocycles. The van der Waals surface area contributed by atoms with Crippen LogP contribution in [0.4, 0.5) is 0 Å². The summed E-state index contributed by atoms with van der Waals surface area (Å²) in [5.74, 6) is -0.865. The fourth-order valence-corrected chi connectivity index (χ4v) is 5.17. The SMILES string of the molecule is CCCC/C=C\CCCCCCCCC(=O)OC(CCCCCCCCCCCCCCC)CCCC(=O)O. The van der Waals surface area contributed by atoms with Crippen molar-refractivity contribution in [2.24, 2.45) is 0 Å². The van der Waals surface area contributed by atoms with Gasteiger partial charge in [-0.25, -0.2) is 0 Å². The van der Waals surface area contributed by atoms with Gasteiger partial charge in [-0.15, -0.1) is 0 Å². The second-order valence-corrected chi connectivity index (χ2v) is 11.7. The number of esters is 1. The molecule has 0 bridgehead atoms. The van der Waals surface area contributed by atoms with Gasteiger partial charge in [0.1, 0.15) is 6.10 Å². The lowest BCUT2D eigenvalue weighted by Gasteiger charge is -2.18. The Morgan fingerprint density at radius 3 is 1.51 bits per heavy atom. The molecular weight excluding hydrogens is 484 g/mol. The Labute approximate surface area is 243 Å². The lowest BCUT2D eigenvalue weighted by Crippen LogP contribution is -2.18. The van der Waals surface area contributed by atoms with E-state index in [2.05, 4.69) is 26.0 Å². The molecule has 0 aromatic rings. The van der Waals surface area contributed by atoms with Crippen LogP contribution in [0.25, 0.3) is 0 Å². The Hall–Kier alpha value is -1.32. The Kier molecular flexibility index (Phi) is 30.2. The summed E-state index contributed by atoms with van der Waals surface area (Å²) in [6.45, 7) is 4.50. The van der Waals surface area contributed by atoms with Crippen molar-refractivity contribution in [3.8, 4) is 0 Å². The summed E-state index contributed by atoms with van der Waals surface area (Å²) in [6.07, 6.45) is 36.4. The fourth-order valence-electron chi connectivity index (χ4n) is 5.17. The molecule has 1 atom stereocenters. The number of aliphatic carboxylic acids is 1. The summed E-state index contributed by atoms with van der Waals surface area (Å²) < 4.78 is 5.80. The number of hydrogen-bond donors (Lipinski definition) is 1. The summed E-state index contributed by atoms with van der Waals surface area (Å²) in [6, 6.07) is 0. The number of rotatable bonds is 31. The zero-order valence-corrected chi connectivity index (χ0v) is 26.2. The van der Waals surface area contributed by atoms with Gasteiger partial charge in [0.15, 0.2) is 0 Å². The highest BCUT2D eigenvalue weighted by Gasteiger charge is 2.15. The summed E-state index contributed by atoms with van der Waals surface area (Å²) in [5.41, 5.74) is 0. The highest BCUT2D eigenvalue weighted by Crippen LogP contribution is 2.18. The Morgan fingerprint density at radius 1 is 0.538 bits per heavy atom. The Morgan fingerprint density at radius 2 is 0.974 bits per heavy atom. The van der Waals surface area contributed by atoms with Gasteiger partial charge < -0.3 is 9.84 Å². The first-order valence-electron chi connectivity index (χ1n) is 17.2. The molecule has 0 aliphatic carbocycles. The van der Waals surface area contributed by atoms with Crippen molar-refractivity contribution in [2.75, 3.05) is 0 Å². The van der Waals surface area contributed by atoms with Crippen LogP contribution >= 0.6 is 0 Å². The molecule has 0 fully saturated rings. The van der Waals surface area contributed by atoms with Crippen LogP contribution in [0.5, 0.6) is 0 Å². The van der Waals surface area contributed by atoms with E-state index >= 15 is 0 Å². The van der Waals surface area contributed by atoms with Gasteiger partial charge in [-0.1, -0.05) is 142 Å². The normalized spacial score (nSPS) is 12.3. The molecule has 0 amide bonds. The van der Waals surface area contributed by atoms with Crippen LogP contribution in [-0.4, -0.2) is 23.1 Å². The molecule has 4 heteroatoms. The van der Waals surface area contributed by atoms with Gasteiger partial charge in [-0.3, -0.25) is 9.59 Å². The van der Waals surface area contributed by atoms with E-state index in [-0.39, 0.29) is 18.5 Å². The van der Waals surface area contributed by atoms with E-state index in [4.69, 9.17) is 9.84 Å². The second kappa shape index (κ2) is 31.2. The molecule has 0 aliphatic heterocycles. The number of unbranched alkanes of at least 4 members (excludes halogenated alkanes) is 20. The monoisotopic (exact) mass is 550 g/mol. The van der Waals surface area contributed by atoms with Crippen LogP contribution in [0.2, 0.25) is 0 Å². The molecule has 0 saturated carbocycles. The topological polar surface area (TPSA) is 63.6 Å². The number of carboxylic acids is 1. The van der Waals surface area contributed by atoms with E-state index < -0.39 is 5.97 Å². The van der Waals surface area contributed by atoms with Crippen LogP contribution in [0.3, 0.4) is 0 Å². The molecule has 1 unspecified atom stereocenters. The predicted octanol–water partition coefficient (Wildman–Crippen LogP) is 11.5. The molecule has 0 aromatic carbocycles. The standard InChI is InChI=1S/C35H66O4/c1-3-5-7-9-11-13-15-17-18-20-22-24-26-29-33(30-28-31-34(36)37)39-35(38)32-27-25-23-21-19-16-14-12-10-8-6-4-2/h10,12,33H,3-9,11,13-32H2,1-2H3,(H,36,37)/b12-10-. The Balaban J connectivity index is 3.85. The molecule has 0 rings (SSSR count). The van der Waals surface area contributed by atoms with Crippen LogP contribution in [0.1, 0.15) is 194 Å². The minimum absolute atomic E-state index is 0.0952. The van der Waals surface area contributed by atoms with E-state index in [1.54, 1.807) is 0 Å². The van der Waals surface area contributed by atoms with Crippen molar-refractivity contribution < 1.29 is 19.4 Å². The van der Waals surface area contributed by atoms with Crippen molar-refractivity contribution in [2.45, 2.75) is 200 Å². The van der Waals surface area contributed by atoms with Crippen LogP contribution in [-0.2, 0) is 14.3 Å². The maximum absolute atomic E-state index is 12.4. The molecule has 0 spiro atoms. The minimum Gasteiger partial charge on any atom is -0.481 e. The maximum Gasteiger partial charge on any atom is 0.306 e. The summed E-state index contributed by atoms with van der Waals surface area (Å²) in [5, 5.41) is 8.97. The highest BCUT2D eigenvalue weighted by molar-refractivity contribution is 5.69. The number of ether oxygens (including phenoxy) is 1. The lowest BCUT2D eigenvalue weighted by atomic mass is 10.0. The first-order valence-corrected chi connectivity index (χ1v) is 17.2. The predicted molar refractivity (Wildman–Crippen MR) is 167 cm³/mol. The van der Waals surface area contributed by atoms with Gasteiger partial charge in [0, 0.05) is 12.8 Å². The van der Waals surface area contributed by atoms with Gasteiger partial charge in [-0.2, -0.15) is 0 Å². The number of hydrogen-bond acceptors (Lipinski definition) is 3. The fraction of sp³-hybridized carbons (Fsp3) is 0.886. The van der Waals surface area contributed by atoms with E-state index in [9.17, 15) is 9.59 Å². The highest BCUT2D eigenvalue weighted by atomic mass is 16.5. The van der Waals surface area contributed by atoms with E-state index in [1.807, 2.05) is 0 Å². The quantitative estimate of drug-likeness (QED) is 0.0529. The minimum atomic E-state index is -0.770. The van der Waals surface area contributed by atoms with Crippen molar-refractivity contribution in [3.63, 3.8) is 0 Å². The zero-order chi connectivity index (χ0) is 28.7. The molecule has 0 aliphatic rings. The van der Waals surface area contributed by atoms with Crippen LogP contribution < -0.4 is 0 Å². The van der Waals surface area contributed by atoms with Gasteiger partial charge in [0.2, 0.25) is 0 Å². The number of carboxylic acid groups (broad SMARTS) is 1. The third kappa shape index (κ3) is 31.1. The van der Waals surface area contributed by atoms with Crippen LogP contribution in [0.15, 0.2) is 12.2 Å². The molecule has 0 radical (unpaired) electrons. The molecular formula is C35H66O4.